The molecule has 0 bridgehead atoms. The third-order valence-corrected chi connectivity index (χ3v) is 1.06. The average Bonchev–Trinajstić information content (AvgIpc) is 1.69. The van der Waals surface area contributed by atoms with Crippen molar-refractivity contribution in [3.8, 4) is 0 Å². The molecule has 0 heterocycles. The Hall–Kier alpha value is 0.0300. The van der Waals surface area contributed by atoms with Crippen molar-refractivity contribution in [1.82, 2.24) is 0 Å². The zero-order valence-corrected chi connectivity index (χ0v) is 5.25. The Bertz CT molecular complexity index is 41.4. The molecule has 0 amide bonds. The summed E-state index contributed by atoms with van der Waals surface area (Å²) in [6, 6.07) is 0. The van der Waals surface area contributed by atoms with Gasteiger partial charge in [0.15, 0.2) is 0 Å². The van der Waals surface area contributed by atoms with Crippen LogP contribution >= 0.6 is 11.6 Å². The number of hydrogen-bond donors (Lipinski definition) is 0. The summed E-state index contributed by atoms with van der Waals surface area (Å²) < 4.78 is 0. The highest BCUT2D eigenvalue weighted by atomic mass is 35.5. The molecule has 1 heteroatoms. The Morgan fingerprint density at radius 2 is 2.14 bits per heavy atom. The van der Waals surface area contributed by atoms with E-state index in [0.717, 1.165) is 18.7 Å². The fourth-order valence-corrected chi connectivity index (χ4v) is 0.572. The molecule has 0 nitrogen and oxygen atoms in total. The fraction of sp³-hybridized carbons (Fsp3) is 0.667. The smallest absolute Gasteiger partial charge is 0.0223 e. The summed E-state index contributed by atoms with van der Waals surface area (Å²) in [5, 5.41) is 0. The predicted octanol–water partition coefficient (Wildman–Crippen LogP) is 2.58. The van der Waals surface area contributed by atoms with Crippen LogP contribution in [0.5, 0.6) is 0 Å². The molecule has 0 radical (unpaired) electrons. The van der Waals surface area contributed by atoms with Crippen molar-refractivity contribution in [2.45, 2.75) is 19.3 Å². The number of allylic oxidation sites excluding steroid dienone is 1. The second-order valence-electron chi connectivity index (χ2n) is 1.47. The molecule has 0 aliphatic heterocycles. The summed E-state index contributed by atoms with van der Waals surface area (Å²) in [5.74, 6) is 0.786. The van der Waals surface area contributed by atoms with Gasteiger partial charge in [-0.25, -0.2) is 0 Å². The van der Waals surface area contributed by atoms with E-state index < -0.39 is 0 Å². The van der Waals surface area contributed by atoms with Crippen molar-refractivity contribution in [2.24, 2.45) is 0 Å². The molecule has 0 aliphatic carbocycles. The molecule has 0 unspecified atom stereocenters. The molecule has 0 atom stereocenters. The zero-order chi connectivity index (χ0) is 5.54. The molecule has 7 heavy (non-hydrogen) atoms. The van der Waals surface area contributed by atoms with Gasteiger partial charge in [0, 0.05) is 5.88 Å². The van der Waals surface area contributed by atoms with Gasteiger partial charge in [-0.1, -0.05) is 6.08 Å². The molecular weight excluding hydrogens is 108 g/mol. The Morgan fingerprint density at radius 3 is 2.57 bits per heavy atom. The van der Waals surface area contributed by atoms with E-state index in [9.17, 15) is 0 Å². The van der Waals surface area contributed by atoms with Crippen LogP contribution in [0.3, 0.4) is 0 Å². The van der Waals surface area contributed by atoms with Crippen LogP contribution in [0, 0.1) is 0 Å². The number of halogens is 1. The van der Waals surface area contributed by atoms with Crippen molar-refractivity contribution in [2.75, 3.05) is 5.88 Å². The van der Waals surface area contributed by atoms with Gasteiger partial charge in [-0.15, -0.1) is 18.2 Å². The largest absolute Gasteiger partial charge is 0.127 e. The molecule has 0 aromatic heterocycles. The lowest BCUT2D eigenvalue weighted by Crippen LogP contribution is -1.72. The molecule has 0 saturated carbocycles. The minimum Gasteiger partial charge on any atom is -0.127 e. The van der Waals surface area contributed by atoms with E-state index in [0.29, 0.717) is 0 Å². The Morgan fingerprint density at radius 1 is 1.43 bits per heavy atom. The van der Waals surface area contributed by atoms with Crippen LogP contribution in [-0.2, 0) is 0 Å². The van der Waals surface area contributed by atoms with Crippen molar-refractivity contribution in [1.29, 1.82) is 0 Å². The SMILES string of the molecule is C=CCCCCCl. The highest BCUT2D eigenvalue weighted by molar-refractivity contribution is 6.17. The van der Waals surface area contributed by atoms with E-state index in [2.05, 4.69) is 6.58 Å². The van der Waals surface area contributed by atoms with Crippen LogP contribution in [0.25, 0.3) is 0 Å². The van der Waals surface area contributed by atoms with Gasteiger partial charge in [0.25, 0.3) is 0 Å². The second kappa shape index (κ2) is 6.03. The Labute approximate surface area is 50.2 Å². The van der Waals surface area contributed by atoms with Crippen LogP contribution in [0.1, 0.15) is 19.3 Å². The predicted molar refractivity (Wildman–Crippen MR) is 34.8 cm³/mol. The van der Waals surface area contributed by atoms with Gasteiger partial charge >= 0.3 is 0 Å². The standard InChI is InChI=1S/C6H11Cl/c1-2-3-4-5-6-7/h2H,1,3-6H2. The first-order valence-corrected chi connectivity index (χ1v) is 3.12. The van der Waals surface area contributed by atoms with Crippen LogP contribution in [0.2, 0.25) is 0 Å². The van der Waals surface area contributed by atoms with Crippen molar-refractivity contribution in [3.05, 3.63) is 12.7 Å². The first-order valence-electron chi connectivity index (χ1n) is 2.58. The number of rotatable bonds is 4. The van der Waals surface area contributed by atoms with Crippen molar-refractivity contribution in [3.63, 3.8) is 0 Å². The Balaban J connectivity index is 2.56. The molecule has 0 aliphatic rings. The average molecular weight is 119 g/mol. The van der Waals surface area contributed by atoms with Crippen LogP contribution in [0.15, 0.2) is 12.7 Å². The van der Waals surface area contributed by atoms with Gasteiger partial charge in [-0.2, -0.15) is 0 Å². The van der Waals surface area contributed by atoms with E-state index in [-0.39, 0.29) is 0 Å². The summed E-state index contributed by atoms with van der Waals surface area (Å²) in [6.07, 6.45) is 5.33. The maximum absolute atomic E-state index is 5.40. The minimum absolute atomic E-state index is 0.786. The first kappa shape index (κ1) is 7.03. The molecule has 0 saturated heterocycles. The Kier molecular flexibility index (Phi) is 6.06. The number of alkyl halides is 1. The summed E-state index contributed by atoms with van der Waals surface area (Å²) >= 11 is 5.40. The molecule has 0 rings (SSSR count). The normalized spacial score (nSPS) is 8.71. The van der Waals surface area contributed by atoms with E-state index in [1.165, 1.54) is 6.42 Å². The highest BCUT2D eigenvalue weighted by Crippen LogP contribution is 1.95. The zero-order valence-electron chi connectivity index (χ0n) is 4.49. The maximum Gasteiger partial charge on any atom is 0.0223 e. The first-order chi connectivity index (χ1) is 3.41. The van der Waals surface area contributed by atoms with Gasteiger partial charge in [0.2, 0.25) is 0 Å². The van der Waals surface area contributed by atoms with E-state index in [4.69, 9.17) is 11.6 Å². The van der Waals surface area contributed by atoms with Crippen LogP contribution < -0.4 is 0 Å². The minimum atomic E-state index is 0.786. The van der Waals surface area contributed by atoms with E-state index in [1.807, 2.05) is 6.08 Å². The summed E-state index contributed by atoms with van der Waals surface area (Å²) in [6.45, 7) is 3.59. The van der Waals surface area contributed by atoms with Gasteiger partial charge in [0.05, 0.1) is 0 Å². The van der Waals surface area contributed by atoms with Gasteiger partial charge < -0.3 is 0 Å². The summed E-state index contributed by atoms with van der Waals surface area (Å²) in [4.78, 5) is 0. The third kappa shape index (κ3) is 6.03. The highest BCUT2D eigenvalue weighted by Gasteiger charge is 1.78. The monoisotopic (exact) mass is 118 g/mol. The van der Waals surface area contributed by atoms with E-state index in [1.54, 1.807) is 0 Å². The second-order valence-corrected chi connectivity index (χ2v) is 1.85. The van der Waals surface area contributed by atoms with Crippen molar-refractivity contribution >= 4 is 11.6 Å². The number of hydrogen-bond acceptors (Lipinski definition) is 0. The topological polar surface area (TPSA) is 0 Å². The maximum atomic E-state index is 5.40. The molecule has 0 aromatic carbocycles. The molecule has 42 valence electrons. The lowest BCUT2D eigenvalue weighted by atomic mass is 10.2. The molecular formula is C6H11Cl. The molecule has 0 aromatic rings. The lowest BCUT2D eigenvalue weighted by Gasteiger charge is -1.86. The van der Waals surface area contributed by atoms with Gasteiger partial charge in [-0.3, -0.25) is 0 Å². The fourth-order valence-electron chi connectivity index (χ4n) is 0.383. The van der Waals surface area contributed by atoms with Gasteiger partial charge in [-0.05, 0) is 19.3 Å². The van der Waals surface area contributed by atoms with Crippen LogP contribution in [-0.4, -0.2) is 5.88 Å². The quantitative estimate of drug-likeness (QED) is 0.302. The molecule has 0 N–H and O–H groups in total. The van der Waals surface area contributed by atoms with Gasteiger partial charge in [0.1, 0.15) is 0 Å². The number of unbranched alkanes of at least 4 members (excludes halogenated alkanes) is 2. The van der Waals surface area contributed by atoms with E-state index >= 15 is 0 Å². The van der Waals surface area contributed by atoms with Crippen LogP contribution in [0.4, 0.5) is 0 Å². The molecule has 0 fully saturated rings. The lowest BCUT2D eigenvalue weighted by molar-refractivity contribution is 0.821. The van der Waals surface area contributed by atoms with Crippen molar-refractivity contribution < 1.29 is 0 Å². The molecule has 0 spiro atoms. The summed E-state index contributed by atoms with van der Waals surface area (Å²) in [5.41, 5.74) is 0. The summed E-state index contributed by atoms with van der Waals surface area (Å²) in [7, 11) is 0. The third-order valence-electron chi connectivity index (χ3n) is 0.792.